The molecule has 0 aliphatic carbocycles. The van der Waals surface area contributed by atoms with Crippen molar-refractivity contribution in [3.8, 4) is 0 Å². The SMILES string of the molecule is Cn1nnc2c(=O)n(CC(=O)Nc3cccc(F)c3)cnc21. The van der Waals surface area contributed by atoms with E-state index in [4.69, 9.17) is 0 Å². The van der Waals surface area contributed by atoms with Gasteiger partial charge in [0.25, 0.3) is 5.56 Å². The maximum Gasteiger partial charge on any atom is 0.283 e. The Morgan fingerprint density at radius 2 is 2.23 bits per heavy atom. The lowest BCUT2D eigenvalue weighted by Gasteiger charge is -2.07. The summed E-state index contributed by atoms with van der Waals surface area (Å²) in [6.07, 6.45) is 1.25. The van der Waals surface area contributed by atoms with E-state index in [1.54, 1.807) is 13.1 Å². The molecular formula is C13H11FN6O2. The third-order valence-corrected chi connectivity index (χ3v) is 3.00. The van der Waals surface area contributed by atoms with E-state index in [0.717, 1.165) is 4.57 Å². The quantitative estimate of drug-likeness (QED) is 0.751. The van der Waals surface area contributed by atoms with E-state index in [0.29, 0.717) is 11.3 Å². The van der Waals surface area contributed by atoms with E-state index in [-0.39, 0.29) is 12.1 Å². The monoisotopic (exact) mass is 302 g/mol. The minimum Gasteiger partial charge on any atom is -0.324 e. The molecule has 0 saturated heterocycles. The highest BCUT2D eigenvalue weighted by Crippen LogP contribution is 2.09. The van der Waals surface area contributed by atoms with Gasteiger partial charge in [-0.3, -0.25) is 14.2 Å². The minimum atomic E-state index is -0.474. The number of aryl methyl sites for hydroxylation is 1. The summed E-state index contributed by atoms with van der Waals surface area (Å²) in [6.45, 7) is -0.255. The molecular weight excluding hydrogens is 291 g/mol. The molecule has 0 atom stereocenters. The van der Waals surface area contributed by atoms with Crippen molar-refractivity contribution in [2.45, 2.75) is 6.54 Å². The molecule has 22 heavy (non-hydrogen) atoms. The molecule has 8 nitrogen and oxygen atoms in total. The van der Waals surface area contributed by atoms with Crippen LogP contribution in [0.1, 0.15) is 0 Å². The molecule has 2 heterocycles. The number of halogens is 1. The maximum absolute atomic E-state index is 13.1. The molecule has 0 spiro atoms. The summed E-state index contributed by atoms with van der Waals surface area (Å²) in [7, 11) is 1.61. The fourth-order valence-electron chi connectivity index (χ4n) is 1.98. The minimum absolute atomic E-state index is 0.0866. The van der Waals surface area contributed by atoms with E-state index in [2.05, 4.69) is 20.6 Å². The second kappa shape index (κ2) is 5.35. The number of carbonyl (C=O) groups is 1. The van der Waals surface area contributed by atoms with Gasteiger partial charge in [0, 0.05) is 12.7 Å². The molecule has 1 aromatic carbocycles. The van der Waals surface area contributed by atoms with Crippen molar-refractivity contribution in [1.29, 1.82) is 0 Å². The predicted octanol–water partition coefficient (Wildman–Crippen LogP) is 0.303. The predicted molar refractivity (Wildman–Crippen MR) is 75.6 cm³/mol. The van der Waals surface area contributed by atoms with E-state index in [1.165, 1.54) is 29.2 Å². The fourth-order valence-corrected chi connectivity index (χ4v) is 1.98. The molecule has 0 aliphatic rings. The molecule has 0 radical (unpaired) electrons. The largest absolute Gasteiger partial charge is 0.324 e. The molecule has 9 heteroatoms. The van der Waals surface area contributed by atoms with Crippen molar-refractivity contribution in [3.05, 3.63) is 46.8 Å². The van der Waals surface area contributed by atoms with Gasteiger partial charge in [-0.1, -0.05) is 11.3 Å². The van der Waals surface area contributed by atoms with Gasteiger partial charge >= 0.3 is 0 Å². The van der Waals surface area contributed by atoms with Crippen molar-refractivity contribution in [1.82, 2.24) is 24.5 Å². The van der Waals surface area contributed by atoms with Crippen molar-refractivity contribution < 1.29 is 9.18 Å². The van der Waals surface area contributed by atoms with Crippen LogP contribution in [0.3, 0.4) is 0 Å². The Kier molecular flexibility index (Phi) is 3.37. The summed E-state index contributed by atoms with van der Waals surface area (Å²) < 4.78 is 15.5. The van der Waals surface area contributed by atoms with Gasteiger partial charge in [-0.05, 0) is 18.2 Å². The van der Waals surface area contributed by atoms with Crippen LogP contribution in [-0.4, -0.2) is 30.5 Å². The van der Waals surface area contributed by atoms with Crippen LogP contribution in [0.4, 0.5) is 10.1 Å². The van der Waals surface area contributed by atoms with Crippen LogP contribution in [0.2, 0.25) is 0 Å². The number of anilines is 1. The number of amides is 1. The summed E-state index contributed by atoms with van der Waals surface area (Å²) in [5, 5.41) is 9.92. The first-order valence-electron chi connectivity index (χ1n) is 6.35. The van der Waals surface area contributed by atoms with Crippen molar-refractivity contribution >= 4 is 22.8 Å². The zero-order chi connectivity index (χ0) is 15.7. The number of hydrogen-bond acceptors (Lipinski definition) is 5. The Morgan fingerprint density at radius 1 is 1.41 bits per heavy atom. The Balaban J connectivity index is 1.82. The average Bonchev–Trinajstić information content (AvgIpc) is 2.84. The van der Waals surface area contributed by atoms with Crippen LogP contribution in [0.15, 0.2) is 35.4 Å². The van der Waals surface area contributed by atoms with Crippen LogP contribution in [0.5, 0.6) is 0 Å². The highest BCUT2D eigenvalue weighted by molar-refractivity contribution is 5.90. The number of hydrogen-bond donors (Lipinski definition) is 1. The molecule has 1 N–H and O–H groups in total. The summed E-state index contributed by atoms with van der Waals surface area (Å²) in [5.41, 5.74) is 0.273. The Hall–Kier alpha value is -3.10. The third kappa shape index (κ3) is 2.55. The van der Waals surface area contributed by atoms with Gasteiger partial charge in [0.05, 0.1) is 0 Å². The van der Waals surface area contributed by atoms with Crippen molar-refractivity contribution in [2.24, 2.45) is 7.05 Å². The number of carbonyl (C=O) groups excluding carboxylic acids is 1. The molecule has 0 unspecified atom stereocenters. The molecule has 3 rings (SSSR count). The van der Waals surface area contributed by atoms with Crippen LogP contribution >= 0.6 is 0 Å². The van der Waals surface area contributed by atoms with Gasteiger partial charge in [0.1, 0.15) is 18.7 Å². The van der Waals surface area contributed by atoms with Gasteiger partial charge in [0.15, 0.2) is 11.2 Å². The van der Waals surface area contributed by atoms with E-state index in [9.17, 15) is 14.0 Å². The van der Waals surface area contributed by atoms with E-state index < -0.39 is 17.3 Å². The fraction of sp³-hybridized carbons (Fsp3) is 0.154. The Morgan fingerprint density at radius 3 is 3.00 bits per heavy atom. The lowest BCUT2D eigenvalue weighted by Crippen LogP contribution is -2.28. The molecule has 0 bridgehead atoms. The third-order valence-electron chi connectivity index (χ3n) is 3.00. The molecule has 2 aromatic heterocycles. The summed E-state index contributed by atoms with van der Waals surface area (Å²) >= 11 is 0. The molecule has 1 amide bonds. The highest BCUT2D eigenvalue weighted by Gasteiger charge is 2.12. The molecule has 112 valence electrons. The highest BCUT2D eigenvalue weighted by atomic mass is 19.1. The van der Waals surface area contributed by atoms with E-state index >= 15 is 0 Å². The first-order chi connectivity index (χ1) is 10.5. The van der Waals surface area contributed by atoms with Crippen LogP contribution in [-0.2, 0) is 18.4 Å². The van der Waals surface area contributed by atoms with E-state index in [1.807, 2.05) is 0 Å². The first kappa shape index (κ1) is 13.9. The second-order valence-electron chi connectivity index (χ2n) is 4.62. The first-order valence-corrected chi connectivity index (χ1v) is 6.35. The van der Waals surface area contributed by atoms with Crippen LogP contribution < -0.4 is 10.9 Å². The Labute approximate surface area is 123 Å². The second-order valence-corrected chi connectivity index (χ2v) is 4.62. The number of fused-ring (bicyclic) bond motifs is 1. The smallest absolute Gasteiger partial charge is 0.283 e. The number of benzene rings is 1. The Bertz CT molecular complexity index is 916. The van der Waals surface area contributed by atoms with Crippen LogP contribution in [0.25, 0.3) is 11.2 Å². The lowest BCUT2D eigenvalue weighted by atomic mass is 10.3. The summed E-state index contributed by atoms with van der Waals surface area (Å²) in [5.74, 6) is -0.935. The zero-order valence-corrected chi connectivity index (χ0v) is 11.5. The molecule has 0 aliphatic heterocycles. The summed E-state index contributed by atoms with van der Waals surface area (Å²) in [6, 6.07) is 5.48. The number of rotatable bonds is 3. The molecule has 0 saturated carbocycles. The standard InChI is InChI=1S/C13H11FN6O2/c1-19-12-11(17-18-19)13(22)20(7-15-12)6-10(21)16-9-4-2-3-8(14)5-9/h2-5,7H,6H2,1H3,(H,16,21). The van der Waals surface area contributed by atoms with Gasteiger partial charge in [-0.2, -0.15) is 0 Å². The van der Waals surface area contributed by atoms with Gasteiger partial charge < -0.3 is 5.32 Å². The van der Waals surface area contributed by atoms with Gasteiger partial charge in [0.2, 0.25) is 5.91 Å². The average molecular weight is 302 g/mol. The lowest BCUT2D eigenvalue weighted by molar-refractivity contribution is -0.116. The van der Waals surface area contributed by atoms with Gasteiger partial charge in [-0.15, -0.1) is 5.10 Å². The topological polar surface area (TPSA) is 94.7 Å². The normalized spacial score (nSPS) is 10.8. The number of nitrogens with zero attached hydrogens (tertiary/aromatic N) is 5. The maximum atomic E-state index is 13.1. The van der Waals surface area contributed by atoms with Crippen molar-refractivity contribution in [3.63, 3.8) is 0 Å². The van der Waals surface area contributed by atoms with Gasteiger partial charge in [-0.25, -0.2) is 14.1 Å². The molecule has 3 aromatic rings. The number of nitrogens with one attached hydrogen (secondary N) is 1. The zero-order valence-electron chi connectivity index (χ0n) is 11.5. The van der Waals surface area contributed by atoms with Crippen LogP contribution in [0, 0.1) is 5.82 Å². The van der Waals surface area contributed by atoms with Crippen molar-refractivity contribution in [2.75, 3.05) is 5.32 Å². The molecule has 0 fully saturated rings. The number of aromatic nitrogens is 5. The summed E-state index contributed by atoms with van der Waals surface area (Å²) in [4.78, 5) is 28.1.